The molecule has 2 N–H and O–H groups in total. The summed E-state index contributed by atoms with van der Waals surface area (Å²) in [4.78, 5) is 1.26. The average Bonchev–Trinajstić information content (AvgIpc) is 3.09. The van der Waals surface area contributed by atoms with Gasteiger partial charge >= 0.3 is 0 Å². The maximum absolute atomic E-state index is 13.8. The third-order valence-corrected chi connectivity index (χ3v) is 6.36. The van der Waals surface area contributed by atoms with Crippen LogP contribution in [-0.4, -0.2) is 12.6 Å². The fourth-order valence-electron chi connectivity index (χ4n) is 4.27. The van der Waals surface area contributed by atoms with Crippen LogP contribution >= 0.6 is 11.3 Å². The molecule has 1 aromatic heterocycles. The number of thiophene rings is 1. The van der Waals surface area contributed by atoms with Gasteiger partial charge in [0.2, 0.25) is 0 Å². The van der Waals surface area contributed by atoms with E-state index in [1.54, 1.807) is 24.5 Å². The summed E-state index contributed by atoms with van der Waals surface area (Å²) >= 11 is 1.73. The molecule has 2 heterocycles. The molecule has 0 unspecified atom stereocenters. The molecule has 0 bridgehead atoms. The van der Waals surface area contributed by atoms with Crippen LogP contribution in [0.4, 0.5) is 15.8 Å². The zero-order valence-corrected chi connectivity index (χ0v) is 18.8. The Balaban J connectivity index is 1.88. The average molecular weight is 423 g/mol. The highest BCUT2D eigenvalue weighted by atomic mass is 32.1. The number of nitrogens with one attached hydrogen (secondary N) is 2. The van der Waals surface area contributed by atoms with E-state index < -0.39 is 0 Å². The number of rotatable bonds is 5. The molecular weight excluding hydrogens is 395 g/mol. The summed E-state index contributed by atoms with van der Waals surface area (Å²) in [6.45, 7) is 9.27. The second kappa shape index (κ2) is 7.80. The van der Waals surface area contributed by atoms with Crippen molar-refractivity contribution < 1.29 is 9.13 Å². The van der Waals surface area contributed by atoms with Crippen molar-refractivity contribution >= 4 is 28.3 Å². The number of aryl methyl sites for hydroxylation is 1. The lowest BCUT2D eigenvalue weighted by Crippen LogP contribution is -2.32. The van der Waals surface area contributed by atoms with Gasteiger partial charge in [-0.3, -0.25) is 0 Å². The summed E-state index contributed by atoms with van der Waals surface area (Å²) in [7, 11) is 1.58. The topological polar surface area (TPSA) is 33.3 Å². The van der Waals surface area contributed by atoms with Crippen molar-refractivity contribution in [2.24, 2.45) is 0 Å². The maximum Gasteiger partial charge on any atom is 0.129 e. The number of anilines is 2. The van der Waals surface area contributed by atoms with Crippen LogP contribution in [-0.2, 0) is 6.54 Å². The fraction of sp³-hybridized carbons (Fsp3) is 0.280. The molecule has 3 nitrogen and oxygen atoms in total. The monoisotopic (exact) mass is 422 g/mol. The van der Waals surface area contributed by atoms with Gasteiger partial charge in [-0.1, -0.05) is 12.1 Å². The van der Waals surface area contributed by atoms with E-state index in [-0.39, 0.29) is 11.4 Å². The number of methoxy groups -OCH3 is 1. The third-order valence-electron chi connectivity index (χ3n) is 5.51. The highest BCUT2D eigenvalue weighted by Crippen LogP contribution is 2.42. The Morgan fingerprint density at radius 1 is 1.10 bits per heavy atom. The van der Waals surface area contributed by atoms with Gasteiger partial charge < -0.3 is 15.4 Å². The minimum atomic E-state index is -0.304. The van der Waals surface area contributed by atoms with Crippen LogP contribution in [0.1, 0.15) is 36.8 Å². The summed E-state index contributed by atoms with van der Waals surface area (Å²) in [6.07, 6.45) is 2.26. The van der Waals surface area contributed by atoms with Gasteiger partial charge in [0, 0.05) is 40.0 Å². The summed E-state index contributed by atoms with van der Waals surface area (Å²) < 4.78 is 19.4. The summed E-state index contributed by atoms with van der Waals surface area (Å²) in [5.74, 6) is 0.232. The number of benzene rings is 2. The van der Waals surface area contributed by atoms with Crippen molar-refractivity contribution in [1.29, 1.82) is 0 Å². The molecule has 0 saturated heterocycles. The molecule has 0 aliphatic carbocycles. The first-order valence-corrected chi connectivity index (χ1v) is 10.9. The lowest BCUT2D eigenvalue weighted by Gasteiger charge is -2.33. The van der Waals surface area contributed by atoms with Gasteiger partial charge in [-0.15, -0.1) is 11.3 Å². The molecule has 2 aromatic carbocycles. The van der Waals surface area contributed by atoms with E-state index in [1.807, 2.05) is 0 Å². The number of hydrogen-bond donors (Lipinski definition) is 2. The molecule has 0 amide bonds. The lowest BCUT2D eigenvalue weighted by atomic mass is 9.85. The van der Waals surface area contributed by atoms with Crippen molar-refractivity contribution in [2.75, 3.05) is 17.7 Å². The van der Waals surface area contributed by atoms with Crippen molar-refractivity contribution in [2.45, 2.75) is 39.8 Å². The Hall–Kier alpha value is -2.79. The minimum absolute atomic E-state index is 0.110. The maximum atomic E-state index is 13.8. The van der Waals surface area contributed by atoms with Crippen molar-refractivity contribution in [3.63, 3.8) is 0 Å². The third kappa shape index (κ3) is 3.82. The van der Waals surface area contributed by atoms with Crippen LogP contribution in [0.15, 0.2) is 47.9 Å². The molecule has 0 atom stereocenters. The number of allylic oxidation sites excluding steroid dienone is 1. The minimum Gasteiger partial charge on any atom is -0.496 e. The van der Waals surface area contributed by atoms with Crippen molar-refractivity contribution in [3.8, 4) is 16.9 Å². The van der Waals surface area contributed by atoms with Crippen LogP contribution in [0.5, 0.6) is 5.75 Å². The van der Waals surface area contributed by atoms with Crippen LogP contribution in [0.25, 0.3) is 16.7 Å². The summed E-state index contributed by atoms with van der Waals surface area (Å²) in [5.41, 5.74) is 7.66. The Morgan fingerprint density at radius 2 is 1.87 bits per heavy atom. The van der Waals surface area contributed by atoms with E-state index >= 15 is 0 Å². The van der Waals surface area contributed by atoms with Gasteiger partial charge in [0.25, 0.3) is 0 Å². The molecule has 0 spiro atoms. The first-order chi connectivity index (χ1) is 14.3. The highest BCUT2D eigenvalue weighted by Gasteiger charge is 2.26. The number of hydrogen-bond acceptors (Lipinski definition) is 4. The van der Waals surface area contributed by atoms with Crippen molar-refractivity contribution in [3.05, 3.63) is 69.7 Å². The predicted molar refractivity (Wildman–Crippen MR) is 126 cm³/mol. The molecule has 1 aliphatic heterocycles. The molecule has 3 aromatic rings. The molecule has 1 aliphatic rings. The van der Waals surface area contributed by atoms with Crippen molar-refractivity contribution in [1.82, 2.24) is 0 Å². The zero-order chi connectivity index (χ0) is 21.5. The molecule has 0 fully saturated rings. The highest BCUT2D eigenvalue weighted by molar-refractivity contribution is 7.10. The molecule has 0 saturated carbocycles. The van der Waals surface area contributed by atoms with Gasteiger partial charge in [0.1, 0.15) is 11.6 Å². The zero-order valence-electron chi connectivity index (χ0n) is 18.0. The Morgan fingerprint density at radius 3 is 2.57 bits per heavy atom. The number of ether oxygens (including phenoxy) is 1. The van der Waals surface area contributed by atoms with E-state index in [0.29, 0.717) is 12.3 Å². The first-order valence-electron chi connectivity index (χ1n) is 10.0. The van der Waals surface area contributed by atoms with E-state index in [0.717, 1.165) is 22.5 Å². The molecule has 156 valence electrons. The molecule has 0 radical (unpaired) electrons. The standard InChI is InChI=1S/C25H27FN2OS/c1-15-13-25(3,4)28-22-9-8-18(19-7-6-17(26)12-23(19)29-5)20(24(15)22)14-27-21-10-11-30-16(21)2/h6-13,27-28H,14H2,1-5H3. The molecular formula is C25H27FN2OS. The summed E-state index contributed by atoms with van der Waals surface area (Å²) in [5, 5.41) is 9.33. The molecule has 5 heteroatoms. The van der Waals surface area contributed by atoms with Crippen LogP contribution < -0.4 is 15.4 Å². The predicted octanol–water partition coefficient (Wildman–Crippen LogP) is 7.09. The van der Waals surface area contributed by atoms with E-state index in [2.05, 4.69) is 68.0 Å². The smallest absolute Gasteiger partial charge is 0.129 e. The van der Waals surface area contributed by atoms with Gasteiger partial charge in [-0.05, 0) is 74.0 Å². The molecule has 4 rings (SSSR count). The second-order valence-electron chi connectivity index (χ2n) is 8.28. The van der Waals surface area contributed by atoms with E-state index in [9.17, 15) is 4.39 Å². The SMILES string of the molecule is COc1cc(F)ccc1-c1ccc2c(c1CNc1ccsc1C)C(C)=CC(C)(C)N2. The Labute approximate surface area is 181 Å². The fourth-order valence-corrected chi connectivity index (χ4v) is 4.95. The lowest BCUT2D eigenvalue weighted by molar-refractivity contribution is 0.413. The van der Waals surface area contributed by atoms with Gasteiger partial charge in [0.15, 0.2) is 0 Å². The normalized spacial score (nSPS) is 14.5. The van der Waals surface area contributed by atoms with E-state index in [4.69, 9.17) is 4.74 Å². The number of fused-ring (bicyclic) bond motifs is 1. The van der Waals surface area contributed by atoms with Gasteiger partial charge in [-0.2, -0.15) is 0 Å². The Kier molecular flexibility index (Phi) is 5.33. The quantitative estimate of drug-likeness (QED) is 0.460. The first kappa shape index (κ1) is 20.5. The van der Waals surface area contributed by atoms with Crippen LogP contribution in [0.2, 0.25) is 0 Å². The van der Waals surface area contributed by atoms with Crippen LogP contribution in [0, 0.1) is 12.7 Å². The largest absolute Gasteiger partial charge is 0.496 e. The summed E-state index contributed by atoms with van der Waals surface area (Å²) in [6, 6.07) is 11.1. The Bertz CT molecular complexity index is 1130. The van der Waals surface area contributed by atoms with E-state index in [1.165, 1.54) is 33.7 Å². The molecule has 30 heavy (non-hydrogen) atoms. The van der Waals surface area contributed by atoms with Gasteiger partial charge in [-0.25, -0.2) is 4.39 Å². The van der Waals surface area contributed by atoms with Crippen LogP contribution in [0.3, 0.4) is 0 Å². The second-order valence-corrected chi connectivity index (χ2v) is 9.40. The van der Waals surface area contributed by atoms with Gasteiger partial charge in [0.05, 0.1) is 12.6 Å². The number of halogens is 1.